The molecule has 0 saturated heterocycles. The van der Waals surface area contributed by atoms with Gasteiger partial charge in [0, 0.05) is 0 Å². The summed E-state index contributed by atoms with van der Waals surface area (Å²) in [7, 11) is -4.07. The fourth-order valence-corrected chi connectivity index (χ4v) is 5.66. The normalized spacial score (nSPS) is 47.7. The zero-order valence-electron chi connectivity index (χ0n) is 9.11. The topological polar surface area (TPSA) is 57.2 Å². The van der Waals surface area contributed by atoms with Gasteiger partial charge in [-0.05, 0) is 56.3 Å². The van der Waals surface area contributed by atoms with Crippen LogP contribution < -0.4 is 29.6 Å². The van der Waals surface area contributed by atoms with E-state index in [0.717, 1.165) is 0 Å². The largest absolute Gasteiger partial charge is 1.00 e. The number of rotatable bonds is 1. The van der Waals surface area contributed by atoms with Crippen molar-refractivity contribution >= 4 is 10.1 Å². The smallest absolute Gasteiger partial charge is 0.748 e. The van der Waals surface area contributed by atoms with Crippen LogP contribution in [0.3, 0.4) is 0 Å². The van der Waals surface area contributed by atoms with Gasteiger partial charge < -0.3 is 4.55 Å². The quantitative estimate of drug-likeness (QED) is 0.413. The predicted octanol–water partition coefficient (Wildman–Crippen LogP) is -1.50. The van der Waals surface area contributed by atoms with Gasteiger partial charge in [0.1, 0.15) is 10.1 Å². The van der Waals surface area contributed by atoms with Crippen LogP contribution in [0.4, 0.5) is 0 Å². The van der Waals surface area contributed by atoms with Gasteiger partial charge in [0.2, 0.25) is 0 Å². The van der Waals surface area contributed by atoms with Gasteiger partial charge in [-0.1, -0.05) is 0 Å². The first kappa shape index (κ1) is 12.4. The maximum atomic E-state index is 11.3. The van der Waals surface area contributed by atoms with Crippen molar-refractivity contribution < 1.29 is 42.5 Å². The third-order valence-corrected chi connectivity index (χ3v) is 6.07. The Morgan fingerprint density at radius 1 is 0.933 bits per heavy atom. The van der Waals surface area contributed by atoms with Gasteiger partial charge in [-0.2, -0.15) is 0 Å². The van der Waals surface area contributed by atoms with Crippen LogP contribution in [-0.4, -0.2) is 17.7 Å². The summed E-state index contributed by atoms with van der Waals surface area (Å²) in [6.45, 7) is 0. The van der Waals surface area contributed by atoms with Crippen LogP contribution in [0.2, 0.25) is 0 Å². The minimum absolute atomic E-state index is 0. The van der Waals surface area contributed by atoms with Crippen LogP contribution in [-0.2, 0) is 10.1 Å². The Labute approximate surface area is 113 Å². The summed E-state index contributed by atoms with van der Waals surface area (Å²) in [4.78, 5) is 0. The zero-order chi connectivity index (χ0) is 9.97. The molecule has 4 fully saturated rings. The molecule has 0 radical (unpaired) electrons. The second kappa shape index (κ2) is 3.70. The Hall–Kier alpha value is 0.910. The molecule has 0 amide bonds. The molecule has 15 heavy (non-hydrogen) atoms. The number of hydrogen-bond donors (Lipinski definition) is 0. The van der Waals surface area contributed by atoms with E-state index in [-0.39, 0.29) is 29.6 Å². The second-order valence-corrected chi connectivity index (χ2v) is 7.33. The molecule has 4 aliphatic rings. The van der Waals surface area contributed by atoms with Crippen molar-refractivity contribution in [1.29, 1.82) is 0 Å². The van der Waals surface area contributed by atoms with Gasteiger partial charge in [0.15, 0.2) is 0 Å². The van der Waals surface area contributed by atoms with Crippen LogP contribution in [0.15, 0.2) is 0 Å². The van der Waals surface area contributed by atoms with Gasteiger partial charge in [0.05, 0.1) is 4.75 Å². The van der Waals surface area contributed by atoms with Gasteiger partial charge in [-0.25, -0.2) is 8.42 Å². The summed E-state index contributed by atoms with van der Waals surface area (Å²) >= 11 is 0. The van der Waals surface area contributed by atoms with Gasteiger partial charge in [-0.15, -0.1) is 0 Å². The van der Waals surface area contributed by atoms with E-state index in [1.165, 1.54) is 19.3 Å². The maximum Gasteiger partial charge on any atom is 1.00 e. The SMILES string of the molecule is O=S(=O)([O-])C12CC3CC(CC(C3)C1)C2.[Na+]. The molecule has 0 heterocycles. The van der Waals surface area contributed by atoms with E-state index in [0.29, 0.717) is 37.0 Å². The van der Waals surface area contributed by atoms with Crippen molar-refractivity contribution in [3.63, 3.8) is 0 Å². The second-order valence-electron chi connectivity index (χ2n) is 5.55. The molecule has 4 saturated carbocycles. The first-order valence-electron chi connectivity index (χ1n) is 5.44. The van der Waals surface area contributed by atoms with Gasteiger partial charge in [-0.3, -0.25) is 0 Å². The zero-order valence-corrected chi connectivity index (χ0v) is 11.9. The van der Waals surface area contributed by atoms with Crippen LogP contribution in [0.1, 0.15) is 38.5 Å². The fourth-order valence-electron chi connectivity index (χ4n) is 4.34. The van der Waals surface area contributed by atoms with Crippen molar-refractivity contribution in [3.05, 3.63) is 0 Å². The van der Waals surface area contributed by atoms with Crippen molar-refractivity contribution in [3.8, 4) is 0 Å². The minimum atomic E-state index is -4.07. The number of hydrogen-bond acceptors (Lipinski definition) is 3. The summed E-state index contributed by atoms with van der Waals surface area (Å²) in [6.07, 6.45) is 5.50. The fraction of sp³-hybridized carbons (Fsp3) is 1.00. The Bertz CT molecular complexity index is 328. The molecule has 0 unspecified atom stereocenters. The van der Waals surface area contributed by atoms with Crippen LogP contribution in [0.5, 0.6) is 0 Å². The Morgan fingerprint density at radius 2 is 1.27 bits per heavy atom. The van der Waals surface area contributed by atoms with E-state index < -0.39 is 14.9 Å². The molecule has 4 rings (SSSR count). The summed E-state index contributed by atoms with van der Waals surface area (Å²) in [5.41, 5.74) is 0. The van der Waals surface area contributed by atoms with Crippen LogP contribution in [0, 0.1) is 17.8 Å². The van der Waals surface area contributed by atoms with Gasteiger partial charge >= 0.3 is 29.6 Å². The van der Waals surface area contributed by atoms with E-state index in [1.54, 1.807) is 0 Å². The summed E-state index contributed by atoms with van der Waals surface area (Å²) in [5.74, 6) is 1.60. The molecule has 4 bridgehead atoms. The molecular weight excluding hydrogens is 223 g/mol. The van der Waals surface area contributed by atoms with E-state index in [4.69, 9.17) is 0 Å². The predicted molar refractivity (Wildman–Crippen MR) is 50.6 cm³/mol. The molecule has 0 aromatic rings. The standard InChI is InChI=1S/C10H16O3S.Na/c11-14(12,13)10-4-7-1-8(5-10)3-9(2-7)6-10;/h7-9H,1-6H2,(H,11,12,13);/q;+1/p-1. The first-order chi connectivity index (χ1) is 6.48. The van der Waals surface area contributed by atoms with E-state index in [1.807, 2.05) is 0 Å². The Morgan fingerprint density at radius 3 is 1.53 bits per heavy atom. The Balaban J connectivity index is 0.000000853. The molecule has 0 spiro atoms. The van der Waals surface area contributed by atoms with Crippen molar-refractivity contribution in [2.75, 3.05) is 0 Å². The third-order valence-electron chi connectivity index (χ3n) is 4.51. The monoisotopic (exact) mass is 238 g/mol. The molecule has 0 aliphatic heterocycles. The Kier molecular flexibility index (Phi) is 3.05. The van der Waals surface area contributed by atoms with Crippen molar-refractivity contribution in [2.45, 2.75) is 43.3 Å². The molecule has 5 heteroatoms. The minimum Gasteiger partial charge on any atom is -0.748 e. The summed E-state index contributed by atoms with van der Waals surface area (Å²) in [5, 5.41) is 0. The maximum absolute atomic E-state index is 11.3. The molecular formula is C10H15NaO3S. The average Bonchev–Trinajstić information content (AvgIpc) is 1.98. The van der Waals surface area contributed by atoms with Crippen LogP contribution >= 0.6 is 0 Å². The molecule has 0 atom stereocenters. The van der Waals surface area contributed by atoms with Gasteiger partial charge in [0.25, 0.3) is 0 Å². The van der Waals surface area contributed by atoms with E-state index >= 15 is 0 Å². The van der Waals surface area contributed by atoms with E-state index in [2.05, 4.69) is 0 Å². The molecule has 3 nitrogen and oxygen atoms in total. The van der Waals surface area contributed by atoms with E-state index in [9.17, 15) is 13.0 Å². The molecule has 0 N–H and O–H groups in total. The molecule has 0 aromatic carbocycles. The van der Waals surface area contributed by atoms with Crippen molar-refractivity contribution in [2.24, 2.45) is 17.8 Å². The summed E-state index contributed by atoms with van der Waals surface area (Å²) < 4.78 is 33.1. The molecule has 80 valence electrons. The molecule has 4 aliphatic carbocycles. The third kappa shape index (κ3) is 1.82. The van der Waals surface area contributed by atoms with Crippen molar-refractivity contribution in [1.82, 2.24) is 0 Å². The summed E-state index contributed by atoms with van der Waals surface area (Å²) in [6, 6.07) is 0. The molecule has 0 aromatic heterocycles. The first-order valence-corrected chi connectivity index (χ1v) is 6.85. The average molecular weight is 238 g/mol. The van der Waals surface area contributed by atoms with Crippen LogP contribution in [0.25, 0.3) is 0 Å².